The highest BCUT2D eigenvalue weighted by Gasteiger charge is 2.18. The number of hydrogen-bond acceptors (Lipinski definition) is 6. The van der Waals surface area contributed by atoms with Crippen molar-refractivity contribution in [2.75, 3.05) is 26.8 Å². The quantitative estimate of drug-likeness (QED) is 0.646. The Labute approximate surface area is 144 Å². The van der Waals surface area contributed by atoms with E-state index in [1.165, 1.54) is 23.9 Å². The average molecular weight is 346 g/mol. The third kappa shape index (κ3) is 4.49. The third-order valence-electron chi connectivity index (χ3n) is 3.80. The molecule has 1 saturated heterocycles. The van der Waals surface area contributed by atoms with Crippen LogP contribution in [0.3, 0.4) is 0 Å². The predicted octanol–water partition coefficient (Wildman–Crippen LogP) is 1.12. The van der Waals surface area contributed by atoms with E-state index in [1.807, 2.05) is 0 Å². The summed E-state index contributed by atoms with van der Waals surface area (Å²) in [4.78, 5) is 12.1. The van der Waals surface area contributed by atoms with Crippen LogP contribution in [0.1, 0.15) is 11.3 Å². The number of rotatable bonds is 5. The van der Waals surface area contributed by atoms with Gasteiger partial charge < -0.3 is 14.8 Å². The van der Waals surface area contributed by atoms with E-state index in [9.17, 15) is 9.18 Å². The van der Waals surface area contributed by atoms with E-state index in [1.54, 1.807) is 24.4 Å². The van der Waals surface area contributed by atoms with Gasteiger partial charge in [-0.15, -0.1) is 5.10 Å². The number of morpholine rings is 1. The second kappa shape index (κ2) is 8.00. The number of nitrogens with one attached hydrogen (secondary N) is 1. The second-order valence-electron chi connectivity index (χ2n) is 5.63. The van der Waals surface area contributed by atoms with Gasteiger partial charge in [-0.1, -0.05) is 17.3 Å². The van der Waals surface area contributed by atoms with Crippen LogP contribution in [-0.4, -0.2) is 53.9 Å². The Bertz CT molecular complexity index is 752. The number of benzene rings is 1. The number of carbonyl (C=O) groups excluding carboxylic acids is 1. The van der Waals surface area contributed by atoms with Crippen LogP contribution in [0.4, 0.5) is 4.39 Å². The fourth-order valence-corrected chi connectivity index (χ4v) is 2.53. The monoisotopic (exact) mass is 346 g/mol. The number of ether oxygens (including phenoxy) is 2. The van der Waals surface area contributed by atoms with E-state index >= 15 is 0 Å². The smallest absolute Gasteiger partial charge is 0.356 e. The van der Waals surface area contributed by atoms with Gasteiger partial charge in [0.05, 0.1) is 31.7 Å². The van der Waals surface area contributed by atoms with Crippen molar-refractivity contribution in [3.05, 3.63) is 47.5 Å². The van der Waals surface area contributed by atoms with Crippen molar-refractivity contribution >= 4 is 17.7 Å². The number of nitrogens with zero attached hydrogens (tertiary/aromatic N) is 3. The largest absolute Gasteiger partial charge is 0.464 e. The highest BCUT2D eigenvalue weighted by atomic mass is 19.1. The van der Waals surface area contributed by atoms with Crippen LogP contribution in [0, 0.1) is 5.82 Å². The van der Waals surface area contributed by atoms with Crippen LogP contribution in [-0.2, 0) is 20.7 Å². The minimum absolute atomic E-state index is 0.0292. The molecular weight excluding hydrogens is 327 g/mol. The molecule has 1 N–H and O–H groups in total. The van der Waals surface area contributed by atoms with Gasteiger partial charge in [0.25, 0.3) is 0 Å². The summed E-state index contributed by atoms with van der Waals surface area (Å²) in [6.45, 7) is 2.26. The molecule has 1 atom stereocenters. The zero-order chi connectivity index (χ0) is 17.6. The summed E-state index contributed by atoms with van der Waals surface area (Å²) in [7, 11) is 1.29. The maximum absolute atomic E-state index is 13.0. The van der Waals surface area contributed by atoms with Gasteiger partial charge in [0.2, 0.25) is 0 Å². The van der Waals surface area contributed by atoms with Crippen LogP contribution in [0.2, 0.25) is 0 Å². The number of esters is 1. The van der Waals surface area contributed by atoms with Gasteiger partial charge in [-0.2, -0.15) is 0 Å². The van der Waals surface area contributed by atoms with Gasteiger partial charge in [-0.05, 0) is 23.8 Å². The van der Waals surface area contributed by atoms with E-state index in [4.69, 9.17) is 9.47 Å². The van der Waals surface area contributed by atoms with Crippen LogP contribution in [0.15, 0.2) is 30.5 Å². The molecule has 1 aliphatic rings. The minimum atomic E-state index is -0.559. The van der Waals surface area contributed by atoms with Crippen LogP contribution < -0.4 is 5.32 Å². The molecule has 3 rings (SSSR count). The molecule has 1 aromatic carbocycles. The van der Waals surface area contributed by atoms with Crippen molar-refractivity contribution in [2.45, 2.75) is 12.5 Å². The molecule has 1 aromatic heterocycles. The van der Waals surface area contributed by atoms with Gasteiger partial charge >= 0.3 is 5.97 Å². The predicted molar refractivity (Wildman–Crippen MR) is 88.9 cm³/mol. The lowest BCUT2D eigenvalue weighted by Crippen LogP contribution is -2.39. The van der Waals surface area contributed by atoms with E-state index in [2.05, 4.69) is 15.6 Å². The van der Waals surface area contributed by atoms with Crippen molar-refractivity contribution in [2.24, 2.45) is 0 Å². The molecule has 25 heavy (non-hydrogen) atoms. The average Bonchev–Trinajstić information content (AvgIpc) is 3.09. The summed E-state index contributed by atoms with van der Waals surface area (Å²) in [5.41, 5.74) is 1.55. The number of hydrogen-bond donors (Lipinski definition) is 1. The van der Waals surface area contributed by atoms with Crippen molar-refractivity contribution in [1.82, 2.24) is 20.3 Å². The first kappa shape index (κ1) is 17.2. The zero-order valence-corrected chi connectivity index (χ0v) is 13.8. The van der Waals surface area contributed by atoms with Crippen LogP contribution in [0.25, 0.3) is 11.8 Å². The normalized spacial score (nSPS) is 18.2. The SMILES string of the molecule is COC(=O)/C(=C/c1ccc(F)cc1)n1cc(CC2CNCCO2)nn1. The van der Waals surface area contributed by atoms with Crippen molar-refractivity contribution < 1.29 is 18.7 Å². The Morgan fingerprint density at radius 2 is 2.28 bits per heavy atom. The first-order valence-corrected chi connectivity index (χ1v) is 7.95. The van der Waals surface area contributed by atoms with Crippen LogP contribution >= 0.6 is 0 Å². The first-order valence-electron chi connectivity index (χ1n) is 7.95. The topological polar surface area (TPSA) is 78.3 Å². The zero-order valence-electron chi connectivity index (χ0n) is 13.8. The van der Waals surface area contributed by atoms with Crippen molar-refractivity contribution in [1.29, 1.82) is 0 Å². The Morgan fingerprint density at radius 1 is 1.48 bits per heavy atom. The fraction of sp³-hybridized carbons (Fsp3) is 0.353. The lowest BCUT2D eigenvalue weighted by Gasteiger charge is -2.22. The first-order chi connectivity index (χ1) is 12.2. The summed E-state index contributed by atoms with van der Waals surface area (Å²) in [5.74, 6) is -0.905. The van der Waals surface area contributed by atoms with E-state index < -0.39 is 5.97 Å². The fourth-order valence-electron chi connectivity index (χ4n) is 2.53. The Hall–Kier alpha value is -2.58. The summed E-state index contributed by atoms with van der Waals surface area (Å²) in [6.07, 6.45) is 3.87. The molecule has 2 heterocycles. The summed E-state index contributed by atoms with van der Waals surface area (Å²) < 4.78 is 24.9. The lowest BCUT2D eigenvalue weighted by molar-refractivity contribution is -0.134. The molecule has 2 aromatic rings. The van der Waals surface area contributed by atoms with Gasteiger partial charge in [0, 0.05) is 19.5 Å². The van der Waals surface area contributed by atoms with E-state index in [-0.39, 0.29) is 17.6 Å². The number of methoxy groups -OCH3 is 1. The van der Waals surface area contributed by atoms with E-state index in [0.717, 1.165) is 13.1 Å². The number of carbonyl (C=O) groups is 1. The van der Waals surface area contributed by atoms with Gasteiger partial charge in [-0.3, -0.25) is 0 Å². The molecule has 1 fully saturated rings. The maximum Gasteiger partial charge on any atom is 0.356 e. The minimum Gasteiger partial charge on any atom is -0.464 e. The molecule has 0 saturated carbocycles. The van der Waals surface area contributed by atoms with Gasteiger partial charge in [0.15, 0.2) is 5.70 Å². The highest BCUT2D eigenvalue weighted by molar-refractivity contribution is 6.15. The number of aromatic nitrogens is 3. The molecule has 0 radical (unpaired) electrons. The highest BCUT2D eigenvalue weighted by Crippen LogP contribution is 2.14. The molecule has 1 aliphatic heterocycles. The molecule has 7 nitrogen and oxygen atoms in total. The molecule has 1 unspecified atom stereocenters. The molecule has 0 spiro atoms. The molecule has 0 aliphatic carbocycles. The summed E-state index contributed by atoms with van der Waals surface area (Å²) in [5, 5.41) is 11.4. The molecule has 0 bridgehead atoms. The Balaban J connectivity index is 1.81. The van der Waals surface area contributed by atoms with E-state index in [0.29, 0.717) is 24.3 Å². The lowest BCUT2D eigenvalue weighted by atomic mass is 10.2. The molecule has 8 heteroatoms. The van der Waals surface area contributed by atoms with Crippen molar-refractivity contribution in [3.63, 3.8) is 0 Å². The third-order valence-corrected chi connectivity index (χ3v) is 3.80. The maximum atomic E-state index is 13.0. The molecule has 132 valence electrons. The Morgan fingerprint density at radius 3 is 2.96 bits per heavy atom. The number of halogens is 1. The summed E-state index contributed by atoms with van der Waals surface area (Å²) in [6, 6.07) is 5.77. The molecular formula is C17H19FN4O3. The van der Waals surface area contributed by atoms with Crippen LogP contribution in [0.5, 0.6) is 0 Å². The molecule has 0 amide bonds. The second-order valence-corrected chi connectivity index (χ2v) is 5.63. The standard InChI is InChI=1S/C17H19FN4O3/c1-24-17(23)16(8-12-2-4-13(18)5-3-12)22-11-14(20-21-22)9-15-10-19-6-7-25-15/h2-5,8,11,15,19H,6-7,9-10H2,1H3/b16-8-. The van der Waals surface area contributed by atoms with Crippen molar-refractivity contribution in [3.8, 4) is 0 Å². The van der Waals surface area contributed by atoms with Gasteiger partial charge in [0.1, 0.15) is 5.82 Å². The van der Waals surface area contributed by atoms with Gasteiger partial charge in [-0.25, -0.2) is 13.9 Å². The summed E-state index contributed by atoms with van der Waals surface area (Å²) >= 11 is 0. The Kier molecular flexibility index (Phi) is 5.52.